The van der Waals surface area contributed by atoms with Crippen LogP contribution in [0.5, 0.6) is 0 Å². The van der Waals surface area contributed by atoms with Crippen molar-refractivity contribution in [1.29, 1.82) is 0 Å². The molecular formula is C21H27N3O4S. The van der Waals surface area contributed by atoms with Crippen LogP contribution >= 0.6 is 11.3 Å². The second-order valence-electron chi connectivity index (χ2n) is 6.91. The van der Waals surface area contributed by atoms with Gasteiger partial charge in [0.15, 0.2) is 0 Å². The summed E-state index contributed by atoms with van der Waals surface area (Å²) in [6.07, 6.45) is 0. The molecule has 29 heavy (non-hydrogen) atoms. The molecule has 2 rings (SSSR count). The minimum Gasteiger partial charge on any atom is -0.462 e. The Labute approximate surface area is 174 Å². The van der Waals surface area contributed by atoms with Crippen LogP contribution in [0.2, 0.25) is 0 Å². The van der Waals surface area contributed by atoms with Gasteiger partial charge in [-0.05, 0) is 30.9 Å². The lowest BCUT2D eigenvalue weighted by Crippen LogP contribution is -2.33. The van der Waals surface area contributed by atoms with Gasteiger partial charge in [0.2, 0.25) is 5.91 Å². The number of rotatable bonds is 9. The van der Waals surface area contributed by atoms with E-state index >= 15 is 0 Å². The van der Waals surface area contributed by atoms with Gasteiger partial charge in [0.1, 0.15) is 5.00 Å². The number of hydrogen-bond donors (Lipinski definition) is 3. The number of carbonyl (C=O) groups excluding carboxylic acids is 3. The lowest BCUT2D eigenvalue weighted by molar-refractivity contribution is -0.115. The molecule has 0 saturated heterocycles. The first-order valence-electron chi connectivity index (χ1n) is 9.44. The van der Waals surface area contributed by atoms with Gasteiger partial charge in [-0.3, -0.25) is 9.59 Å². The molecule has 0 aliphatic rings. The van der Waals surface area contributed by atoms with Crippen molar-refractivity contribution in [1.82, 2.24) is 5.32 Å². The Morgan fingerprint density at radius 3 is 2.38 bits per heavy atom. The van der Waals surface area contributed by atoms with E-state index in [1.54, 1.807) is 13.8 Å². The summed E-state index contributed by atoms with van der Waals surface area (Å²) in [7, 11) is 0. The molecule has 0 spiro atoms. The molecule has 2 amide bonds. The molecule has 0 radical (unpaired) electrons. The summed E-state index contributed by atoms with van der Waals surface area (Å²) in [5.41, 5.74) is 7.06. The van der Waals surface area contributed by atoms with Crippen LogP contribution < -0.4 is 16.4 Å². The normalized spacial score (nSPS) is 11.9. The molecule has 0 bridgehead atoms. The van der Waals surface area contributed by atoms with Gasteiger partial charge in [0, 0.05) is 6.04 Å². The third kappa shape index (κ3) is 5.65. The molecule has 8 heteroatoms. The van der Waals surface area contributed by atoms with Gasteiger partial charge in [0.25, 0.3) is 5.91 Å². The van der Waals surface area contributed by atoms with Gasteiger partial charge >= 0.3 is 5.97 Å². The number of hydrogen-bond acceptors (Lipinski definition) is 6. The summed E-state index contributed by atoms with van der Waals surface area (Å²) >= 11 is 0.979. The molecule has 1 atom stereocenters. The summed E-state index contributed by atoms with van der Waals surface area (Å²) in [5, 5.41) is 6.24. The molecule has 0 saturated carbocycles. The summed E-state index contributed by atoms with van der Waals surface area (Å²) in [6, 6.07) is 9.87. The number of nitrogens with two attached hydrogens (primary N) is 1. The highest BCUT2D eigenvalue weighted by Gasteiger charge is 2.26. The van der Waals surface area contributed by atoms with Crippen LogP contribution in [-0.4, -0.2) is 30.9 Å². The molecule has 1 aromatic heterocycles. The third-order valence-corrected chi connectivity index (χ3v) is 5.63. The SMILES string of the molecule is CCOC(=O)c1c(NC(=O)CN[C@@H](c2ccccc2)C(C)C)sc(C(N)=O)c1C. The van der Waals surface area contributed by atoms with Crippen LogP contribution in [0, 0.1) is 12.8 Å². The zero-order valence-corrected chi connectivity index (χ0v) is 17.9. The molecule has 1 heterocycles. The van der Waals surface area contributed by atoms with E-state index in [0.717, 1.165) is 16.9 Å². The van der Waals surface area contributed by atoms with Gasteiger partial charge in [-0.15, -0.1) is 11.3 Å². The van der Waals surface area contributed by atoms with E-state index in [4.69, 9.17) is 10.5 Å². The Kier molecular flexibility index (Phi) is 7.92. The smallest absolute Gasteiger partial charge is 0.341 e. The van der Waals surface area contributed by atoms with Crippen LogP contribution in [0.1, 0.15) is 58.0 Å². The number of nitrogens with one attached hydrogen (secondary N) is 2. The average molecular weight is 418 g/mol. The molecule has 4 N–H and O–H groups in total. The maximum absolute atomic E-state index is 12.6. The molecule has 1 aromatic carbocycles. The third-order valence-electron chi connectivity index (χ3n) is 4.41. The number of benzene rings is 1. The van der Waals surface area contributed by atoms with Crippen LogP contribution in [0.3, 0.4) is 0 Å². The largest absolute Gasteiger partial charge is 0.462 e. The Morgan fingerprint density at radius 1 is 1.17 bits per heavy atom. The lowest BCUT2D eigenvalue weighted by atomic mass is 9.96. The van der Waals surface area contributed by atoms with Crippen molar-refractivity contribution in [3.8, 4) is 0 Å². The second-order valence-corrected chi connectivity index (χ2v) is 7.93. The number of esters is 1. The summed E-state index contributed by atoms with van der Waals surface area (Å²) < 4.78 is 5.06. The van der Waals surface area contributed by atoms with E-state index in [1.807, 2.05) is 30.3 Å². The van der Waals surface area contributed by atoms with Gasteiger partial charge in [0.05, 0.1) is 23.6 Å². The maximum atomic E-state index is 12.6. The molecular weight excluding hydrogens is 390 g/mol. The van der Waals surface area contributed by atoms with Crippen molar-refractivity contribution in [2.24, 2.45) is 11.7 Å². The lowest BCUT2D eigenvalue weighted by Gasteiger charge is -2.22. The molecule has 0 aliphatic carbocycles. The second kappa shape index (κ2) is 10.2. The number of anilines is 1. The van der Waals surface area contributed by atoms with Crippen molar-refractivity contribution in [2.75, 3.05) is 18.5 Å². The predicted octanol–water partition coefficient (Wildman–Crippen LogP) is 3.26. The summed E-state index contributed by atoms with van der Waals surface area (Å²) in [4.78, 5) is 36.7. The summed E-state index contributed by atoms with van der Waals surface area (Å²) in [6.45, 7) is 7.67. The van der Waals surface area contributed by atoms with Gasteiger partial charge < -0.3 is 21.1 Å². The van der Waals surface area contributed by atoms with Gasteiger partial charge in [-0.25, -0.2) is 4.79 Å². The van der Waals surface area contributed by atoms with Crippen molar-refractivity contribution < 1.29 is 19.1 Å². The van der Waals surface area contributed by atoms with Crippen molar-refractivity contribution >= 4 is 34.1 Å². The minimum atomic E-state index is -0.652. The van der Waals surface area contributed by atoms with E-state index < -0.39 is 11.9 Å². The summed E-state index contributed by atoms with van der Waals surface area (Å²) in [5.74, 6) is -1.30. The van der Waals surface area contributed by atoms with Crippen LogP contribution in [0.4, 0.5) is 5.00 Å². The molecule has 0 fully saturated rings. The quantitative estimate of drug-likeness (QED) is 0.543. The highest BCUT2D eigenvalue weighted by atomic mass is 32.1. The molecule has 7 nitrogen and oxygen atoms in total. The predicted molar refractivity (Wildman–Crippen MR) is 114 cm³/mol. The first-order valence-corrected chi connectivity index (χ1v) is 10.3. The Morgan fingerprint density at radius 2 is 1.83 bits per heavy atom. The van der Waals surface area contributed by atoms with Gasteiger partial charge in [-0.1, -0.05) is 44.2 Å². The van der Waals surface area contributed by atoms with Crippen LogP contribution in [-0.2, 0) is 9.53 Å². The van der Waals surface area contributed by atoms with E-state index in [0.29, 0.717) is 5.56 Å². The van der Waals surface area contributed by atoms with Crippen LogP contribution in [0.15, 0.2) is 30.3 Å². The monoisotopic (exact) mass is 417 g/mol. The first-order chi connectivity index (χ1) is 13.8. The van der Waals surface area contributed by atoms with E-state index in [9.17, 15) is 14.4 Å². The van der Waals surface area contributed by atoms with E-state index in [2.05, 4.69) is 24.5 Å². The highest BCUT2D eigenvalue weighted by molar-refractivity contribution is 7.18. The minimum absolute atomic E-state index is 0.00210. The zero-order valence-electron chi connectivity index (χ0n) is 17.1. The maximum Gasteiger partial charge on any atom is 0.341 e. The van der Waals surface area contributed by atoms with Gasteiger partial charge in [-0.2, -0.15) is 0 Å². The standard InChI is InChI=1S/C21H27N3O4S/c1-5-28-21(27)16-13(4)18(19(22)26)29-20(16)24-15(25)11-23-17(12(2)3)14-9-7-6-8-10-14/h6-10,12,17,23H,5,11H2,1-4H3,(H2,22,26)(H,24,25)/t17-/m1/s1. The highest BCUT2D eigenvalue weighted by Crippen LogP contribution is 2.33. The van der Waals surface area contributed by atoms with E-state index in [1.165, 1.54) is 0 Å². The average Bonchev–Trinajstić information content (AvgIpc) is 2.99. The van der Waals surface area contributed by atoms with Crippen molar-refractivity contribution in [2.45, 2.75) is 33.7 Å². The number of amides is 2. The zero-order chi connectivity index (χ0) is 21.6. The number of ether oxygens (including phenoxy) is 1. The molecule has 156 valence electrons. The Hall–Kier alpha value is -2.71. The van der Waals surface area contributed by atoms with Crippen molar-refractivity contribution in [3.05, 3.63) is 51.9 Å². The fourth-order valence-corrected chi connectivity index (χ4v) is 4.12. The molecule has 0 aliphatic heterocycles. The number of thiophene rings is 1. The van der Waals surface area contributed by atoms with E-state index in [-0.39, 0.29) is 46.5 Å². The van der Waals surface area contributed by atoms with Crippen LogP contribution in [0.25, 0.3) is 0 Å². The Balaban J connectivity index is 2.16. The number of carbonyl (C=O) groups is 3. The first kappa shape index (κ1) is 22.6. The molecule has 2 aromatic rings. The Bertz CT molecular complexity index is 878. The van der Waals surface area contributed by atoms with Crippen molar-refractivity contribution in [3.63, 3.8) is 0 Å². The molecule has 0 unspecified atom stereocenters. The fourth-order valence-electron chi connectivity index (χ4n) is 3.06. The number of primary amides is 1. The topological polar surface area (TPSA) is 111 Å². The fraction of sp³-hybridized carbons (Fsp3) is 0.381.